The van der Waals surface area contributed by atoms with Gasteiger partial charge in [0.05, 0.1) is 22.2 Å². The second-order valence-corrected chi connectivity index (χ2v) is 4.92. The topological polar surface area (TPSA) is 35.2 Å². The van der Waals surface area contributed by atoms with Crippen LogP contribution < -0.4 is 5.73 Å². The first kappa shape index (κ1) is 12.2. The van der Waals surface area contributed by atoms with E-state index in [0.29, 0.717) is 10.0 Å². The van der Waals surface area contributed by atoms with Crippen molar-refractivity contribution in [1.29, 1.82) is 0 Å². The van der Waals surface area contributed by atoms with E-state index in [4.69, 9.17) is 33.7 Å². The summed E-state index contributed by atoms with van der Waals surface area (Å²) in [6, 6.07) is 5.40. The highest BCUT2D eigenvalue weighted by Crippen LogP contribution is 2.29. The van der Waals surface area contributed by atoms with E-state index >= 15 is 0 Å². The van der Waals surface area contributed by atoms with Gasteiger partial charge >= 0.3 is 0 Å². The average Bonchev–Trinajstić information content (AvgIpc) is 2.33. The minimum atomic E-state index is -0.116. The van der Waals surface area contributed by atoms with Crippen molar-refractivity contribution in [2.75, 3.05) is 6.61 Å². The summed E-state index contributed by atoms with van der Waals surface area (Å²) in [6.07, 6.45) is 3.43. The van der Waals surface area contributed by atoms with E-state index in [9.17, 15) is 0 Å². The molecule has 1 saturated heterocycles. The molecule has 1 aliphatic heterocycles. The van der Waals surface area contributed by atoms with Gasteiger partial charge in [0.25, 0.3) is 0 Å². The SMILES string of the molecule is NC(c1ccc(Cl)c(Cl)c1)C1CCCCO1. The van der Waals surface area contributed by atoms with Gasteiger partial charge in [-0.3, -0.25) is 0 Å². The molecule has 0 aliphatic carbocycles. The largest absolute Gasteiger partial charge is 0.376 e. The predicted octanol–water partition coefficient (Wildman–Crippen LogP) is 3.56. The van der Waals surface area contributed by atoms with E-state index in [1.807, 2.05) is 12.1 Å². The van der Waals surface area contributed by atoms with Crippen LogP contribution in [0.5, 0.6) is 0 Å². The van der Waals surface area contributed by atoms with Crippen LogP contribution in [0.25, 0.3) is 0 Å². The van der Waals surface area contributed by atoms with Crippen molar-refractivity contribution >= 4 is 23.2 Å². The number of benzene rings is 1. The summed E-state index contributed by atoms with van der Waals surface area (Å²) in [5, 5.41) is 1.10. The van der Waals surface area contributed by atoms with Gasteiger partial charge in [0.2, 0.25) is 0 Å². The first-order valence-corrected chi connectivity index (χ1v) is 6.26. The number of ether oxygens (including phenoxy) is 1. The van der Waals surface area contributed by atoms with Crippen LogP contribution in [0.15, 0.2) is 18.2 Å². The Hall–Kier alpha value is -0.280. The van der Waals surface area contributed by atoms with Crippen LogP contribution in [0.4, 0.5) is 0 Å². The minimum absolute atomic E-state index is 0.103. The Morgan fingerprint density at radius 1 is 1.25 bits per heavy atom. The zero-order valence-corrected chi connectivity index (χ0v) is 10.5. The Labute approximate surface area is 106 Å². The Kier molecular flexibility index (Phi) is 4.09. The summed E-state index contributed by atoms with van der Waals surface area (Å²) < 4.78 is 5.66. The Bertz CT molecular complexity index is 364. The number of rotatable bonds is 2. The summed E-state index contributed by atoms with van der Waals surface area (Å²) >= 11 is 11.8. The standard InChI is InChI=1S/C12H15Cl2NO/c13-9-5-4-8(7-10(9)14)12(15)11-3-1-2-6-16-11/h4-5,7,11-12H,1-3,6,15H2. The van der Waals surface area contributed by atoms with Crippen LogP contribution >= 0.6 is 23.2 Å². The predicted molar refractivity (Wildman–Crippen MR) is 67.0 cm³/mol. The zero-order valence-electron chi connectivity index (χ0n) is 8.96. The fourth-order valence-corrected chi connectivity index (χ4v) is 2.29. The molecule has 1 aromatic carbocycles. The molecule has 88 valence electrons. The zero-order chi connectivity index (χ0) is 11.5. The molecule has 1 fully saturated rings. The molecule has 1 aliphatic rings. The molecule has 0 aromatic heterocycles. The number of halogens is 2. The molecule has 0 radical (unpaired) electrons. The van der Waals surface area contributed by atoms with Gasteiger partial charge in [-0.25, -0.2) is 0 Å². The van der Waals surface area contributed by atoms with Crippen LogP contribution in [0.1, 0.15) is 30.9 Å². The van der Waals surface area contributed by atoms with E-state index < -0.39 is 0 Å². The lowest BCUT2D eigenvalue weighted by molar-refractivity contribution is 0.0000161. The van der Waals surface area contributed by atoms with Gasteiger partial charge in [-0.05, 0) is 37.0 Å². The summed E-state index contributed by atoms with van der Waals surface area (Å²) in [7, 11) is 0. The van der Waals surface area contributed by atoms with E-state index in [-0.39, 0.29) is 12.1 Å². The second kappa shape index (κ2) is 5.37. The van der Waals surface area contributed by atoms with Gasteiger partial charge in [-0.2, -0.15) is 0 Å². The molecule has 0 spiro atoms. The summed E-state index contributed by atoms with van der Waals surface area (Å²) in [4.78, 5) is 0. The number of hydrogen-bond donors (Lipinski definition) is 1. The molecule has 2 N–H and O–H groups in total. The van der Waals surface area contributed by atoms with Crippen molar-refractivity contribution in [1.82, 2.24) is 0 Å². The summed E-state index contributed by atoms with van der Waals surface area (Å²) in [6.45, 7) is 0.805. The van der Waals surface area contributed by atoms with Crippen LogP contribution in [0.3, 0.4) is 0 Å². The third-order valence-corrected chi connectivity index (χ3v) is 3.68. The van der Waals surface area contributed by atoms with Gasteiger partial charge in [0, 0.05) is 6.61 Å². The first-order valence-electron chi connectivity index (χ1n) is 5.50. The van der Waals surface area contributed by atoms with Crippen LogP contribution in [0, 0.1) is 0 Å². The van der Waals surface area contributed by atoms with Crippen molar-refractivity contribution in [2.24, 2.45) is 5.73 Å². The lowest BCUT2D eigenvalue weighted by Crippen LogP contribution is -2.31. The summed E-state index contributed by atoms with van der Waals surface area (Å²) in [5.41, 5.74) is 7.15. The highest BCUT2D eigenvalue weighted by molar-refractivity contribution is 6.42. The fraction of sp³-hybridized carbons (Fsp3) is 0.500. The minimum Gasteiger partial charge on any atom is -0.376 e. The molecule has 2 atom stereocenters. The molecule has 16 heavy (non-hydrogen) atoms. The Morgan fingerprint density at radius 3 is 2.69 bits per heavy atom. The lowest BCUT2D eigenvalue weighted by Gasteiger charge is -2.28. The van der Waals surface area contributed by atoms with E-state index in [1.165, 1.54) is 6.42 Å². The van der Waals surface area contributed by atoms with Crippen LogP contribution in [0.2, 0.25) is 10.0 Å². The van der Waals surface area contributed by atoms with E-state index in [1.54, 1.807) is 6.07 Å². The molecule has 2 unspecified atom stereocenters. The fourth-order valence-electron chi connectivity index (χ4n) is 1.98. The highest BCUT2D eigenvalue weighted by atomic mass is 35.5. The molecule has 0 saturated carbocycles. The molecule has 2 nitrogen and oxygen atoms in total. The smallest absolute Gasteiger partial charge is 0.0767 e. The second-order valence-electron chi connectivity index (χ2n) is 4.10. The average molecular weight is 260 g/mol. The van der Waals surface area contributed by atoms with Gasteiger partial charge in [-0.15, -0.1) is 0 Å². The highest BCUT2D eigenvalue weighted by Gasteiger charge is 2.22. The molecular weight excluding hydrogens is 245 g/mol. The van der Waals surface area contributed by atoms with Crippen molar-refractivity contribution in [3.05, 3.63) is 33.8 Å². The van der Waals surface area contributed by atoms with Crippen LogP contribution in [-0.2, 0) is 4.74 Å². The third kappa shape index (κ3) is 2.69. The maximum absolute atomic E-state index is 6.16. The van der Waals surface area contributed by atoms with E-state index in [0.717, 1.165) is 25.0 Å². The van der Waals surface area contributed by atoms with Gasteiger partial charge in [0.15, 0.2) is 0 Å². The molecule has 2 rings (SSSR count). The maximum Gasteiger partial charge on any atom is 0.0767 e. The third-order valence-electron chi connectivity index (χ3n) is 2.94. The Morgan fingerprint density at radius 2 is 2.06 bits per heavy atom. The van der Waals surface area contributed by atoms with Gasteiger partial charge in [0.1, 0.15) is 0 Å². The normalized spacial score (nSPS) is 23.1. The van der Waals surface area contributed by atoms with Crippen molar-refractivity contribution in [2.45, 2.75) is 31.4 Å². The number of hydrogen-bond acceptors (Lipinski definition) is 2. The van der Waals surface area contributed by atoms with Gasteiger partial charge in [-0.1, -0.05) is 29.3 Å². The number of nitrogens with two attached hydrogens (primary N) is 1. The van der Waals surface area contributed by atoms with Crippen molar-refractivity contribution < 1.29 is 4.74 Å². The van der Waals surface area contributed by atoms with Crippen LogP contribution in [-0.4, -0.2) is 12.7 Å². The quantitative estimate of drug-likeness (QED) is 0.882. The molecule has 4 heteroatoms. The Balaban J connectivity index is 2.12. The van der Waals surface area contributed by atoms with Gasteiger partial charge < -0.3 is 10.5 Å². The molecule has 1 heterocycles. The molecule has 1 aromatic rings. The molecule has 0 bridgehead atoms. The maximum atomic E-state index is 6.16. The molecule has 0 amide bonds. The molecular formula is C12H15Cl2NO. The monoisotopic (exact) mass is 259 g/mol. The lowest BCUT2D eigenvalue weighted by atomic mass is 9.97. The summed E-state index contributed by atoms with van der Waals surface area (Å²) in [5.74, 6) is 0. The first-order chi connectivity index (χ1) is 7.68. The van der Waals surface area contributed by atoms with Crippen molar-refractivity contribution in [3.63, 3.8) is 0 Å². The van der Waals surface area contributed by atoms with Crippen molar-refractivity contribution in [3.8, 4) is 0 Å². The van der Waals surface area contributed by atoms with E-state index in [2.05, 4.69) is 0 Å².